The molecule has 0 aliphatic heterocycles. The molecule has 1 saturated carbocycles. The first-order valence-corrected chi connectivity index (χ1v) is 7.32. The van der Waals surface area contributed by atoms with Gasteiger partial charge in [-0.25, -0.2) is 0 Å². The predicted molar refractivity (Wildman–Crippen MR) is 76.6 cm³/mol. The van der Waals surface area contributed by atoms with Gasteiger partial charge in [0.25, 0.3) is 0 Å². The maximum Gasteiger partial charge on any atom is 0.243 e. The molecule has 2 amide bonds. The third kappa shape index (κ3) is 7.57. The number of nitrogens with one attached hydrogen (secondary N) is 2. The van der Waals surface area contributed by atoms with Crippen molar-refractivity contribution in [2.24, 2.45) is 5.92 Å². The highest BCUT2D eigenvalue weighted by Gasteiger charge is 2.10. The minimum atomic E-state index is -0.268. The molecule has 0 aromatic carbocycles. The van der Waals surface area contributed by atoms with Crippen LogP contribution in [-0.4, -0.2) is 24.9 Å². The van der Waals surface area contributed by atoms with Crippen molar-refractivity contribution < 1.29 is 9.59 Å². The second-order valence-electron chi connectivity index (χ2n) is 5.09. The Hall–Kier alpha value is -1.83. The van der Waals surface area contributed by atoms with E-state index in [0.29, 0.717) is 25.4 Å². The lowest BCUT2D eigenvalue weighted by Crippen LogP contribution is -2.28. The van der Waals surface area contributed by atoms with Crippen molar-refractivity contribution in [2.45, 2.75) is 44.9 Å². The first-order chi connectivity index (χ1) is 9.72. The minimum absolute atomic E-state index is 0.0704. The molecular formula is C15H23N3O2. The average Bonchev–Trinajstić information content (AvgIpc) is 2.46. The number of nitriles is 1. The SMILES string of the molecule is N#CCC(=O)NCCCNC(=O)/C=C/C1CCCCC1. The van der Waals surface area contributed by atoms with Crippen LogP contribution in [0.15, 0.2) is 12.2 Å². The van der Waals surface area contributed by atoms with E-state index in [0.717, 1.165) is 0 Å². The van der Waals surface area contributed by atoms with Gasteiger partial charge in [-0.2, -0.15) is 5.26 Å². The molecule has 0 radical (unpaired) electrons. The maximum absolute atomic E-state index is 11.6. The van der Waals surface area contributed by atoms with E-state index in [4.69, 9.17) is 5.26 Å². The standard InChI is InChI=1S/C15H23N3O2/c16-10-9-15(20)18-12-4-11-17-14(19)8-7-13-5-2-1-3-6-13/h7-8,13H,1-6,9,11-12H2,(H,17,19)(H,18,20)/b8-7+. The highest BCUT2D eigenvalue weighted by atomic mass is 16.2. The molecule has 0 bridgehead atoms. The van der Waals surface area contributed by atoms with Gasteiger partial charge in [0.2, 0.25) is 11.8 Å². The van der Waals surface area contributed by atoms with Crippen molar-refractivity contribution in [3.8, 4) is 6.07 Å². The quantitative estimate of drug-likeness (QED) is 0.548. The van der Waals surface area contributed by atoms with E-state index in [1.165, 1.54) is 32.1 Å². The number of hydrogen-bond donors (Lipinski definition) is 2. The summed E-state index contributed by atoms with van der Waals surface area (Å²) in [6, 6.07) is 1.78. The van der Waals surface area contributed by atoms with Gasteiger partial charge in [-0.3, -0.25) is 9.59 Å². The second-order valence-corrected chi connectivity index (χ2v) is 5.09. The lowest BCUT2D eigenvalue weighted by molar-refractivity contribution is -0.120. The number of amides is 2. The van der Waals surface area contributed by atoms with Gasteiger partial charge in [0.05, 0.1) is 6.07 Å². The van der Waals surface area contributed by atoms with Crippen molar-refractivity contribution >= 4 is 11.8 Å². The summed E-state index contributed by atoms with van der Waals surface area (Å²) in [5.74, 6) is 0.217. The van der Waals surface area contributed by atoms with Crippen LogP contribution in [0.2, 0.25) is 0 Å². The first-order valence-electron chi connectivity index (χ1n) is 7.32. The molecule has 2 N–H and O–H groups in total. The van der Waals surface area contributed by atoms with Gasteiger partial charge < -0.3 is 10.6 Å². The van der Waals surface area contributed by atoms with Gasteiger partial charge >= 0.3 is 0 Å². The molecule has 5 nitrogen and oxygen atoms in total. The molecule has 1 rings (SSSR count). The number of carbonyl (C=O) groups excluding carboxylic acids is 2. The van der Waals surface area contributed by atoms with Gasteiger partial charge in [-0.05, 0) is 31.3 Å². The molecule has 20 heavy (non-hydrogen) atoms. The summed E-state index contributed by atoms with van der Waals surface area (Å²) in [6.45, 7) is 1.01. The first kappa shape index (κ1) is 16.2. The van der Waals surface area contributed by atoms with E-state index in [9.17, 15) is 9.59 Å². The Labute approximate surface area is 120 Å². The summed E-state index contributed by atoms with van der Waals surface area (Å²) >= 11 is 0. The minimum Gasteiger partial charge on any atom is -0.355 e. The zero-order valence-electron chi connectivity index (χ0n) is 11.9. The van der Waals surface area contributed by atoms with Gasteiger partial charge in [0, 0.05) is 13.1 Å². The Kier molecular flexibility index (Phi) is 8.13. The molecule has 5 heteroatoms. The number of carbonyl (C=O) groups is 2. The normalized spacial score (nSPS) is 15.8. The van der Waals surface area contributed by atoms with Crippen molar-refractivity contribution in [1.82, 2.24) is 10.6 Å². The van der Waals surface area contributed by atoms with Crippen LogP contribution in [0.1, 0.15) is 44.9 Å². The van der Waals surface area contributed by atoms with Crippen LogP contribution < -0.4 is 10.6 Å². The number of nitrogens with zero attached hydrogens (tertiary/aromatic N) is 1. The molecule has 0 saturated heterocycles. The fourth-order valence-corrected chi connectivity index (χ4v) is 2.27. The van der Waals surface area contributed by atoms with Crippen molar-refractivity contribution in [2.75, 3.05) is 13.1 Å². The monoisotopic (exact) mass is 277 g/mol. The summed E-state index contributed by atoms with van der Waals surface area (Å²) in [5, 5.41) is 13.7. The van der Waals surface area contributed by atoms with E-state index in [2.05, 4.69) is 10.6 Å². The topological polar surface area (TPSA) is 82.0 Å². The smallest absolute Gasteiger partial charge is 0.243 e. The summed E-state index contributed by atoms with van der Waals surface area (Å²) in [5.41, 5.74) is 0. The molecule has 0 spiro atoms. The van der Waals surface area contributed by atoms with Crippen molar-refractivity contribution in [1.29, 1.82) is 5.26 Å². The van der Waals surface area contributed by atoms with Gasteiger partial charge in [-0.15, -0.1) is 0 Å². The fourth-order valence-electron chi connectivity index (χ4n) is 2.27. The van der Waals surface area contributed by atoms with E-state index in [1.807, 2.05) is 6.08 Å². The van der Waals surface area contributed by atoms with Crippen LogP contribution in [-0.2, 0) is 9.59 Å². The number of allylic oxidation sites excluding steroid dienone is 1. The fraction of sp³-hybridized carbons (Fsp3) is 0.667. The van der Waals surface area contributed by atoms with E-state index >= 15 is 0 Å². The lowest BCUT2D eigenvalue weighted by Gasteiger charge is -2.17. The zero-order chi connectivity index (χ0) is 14.6. The van der Waals surface area contributed by atoms with Crippen LogP contribution in [0.3, 0.4) is 0 Å². The van der Waals surface area contributed by atoms with Gasteiger partial charge in [0.15, 0.2) is 0 Å². The van der Waals surface area contributed by atoms with Crippen LogP contribution in [0.4, 0.5) is 0 Å². The molecule has 0 aromatic heterocycles. The lowest BCUT2D eigenvalue weighted by atomic mass is 9.89. The Morgan fingerprint density at radius 1 is 1.15 bits per heavy atom. The second kappa shape index (κ2) is 10.0. The Bertz CT molecular complexity index is 379. The van der Waals surface area contributed by atoms with Crippen LogP contribution >= 0.6 is 0 Å². The Morgan fingerprint density at radius 3 is 2.55 bits per heavy atom. The summed E-state index contributed by atoms with van der Waals surface area (Å²) in [7, 11) is 0. The molecule has 1 aliphatic carbocycles. The zero-order valence-corrected chi connectivity index (χ0v) is 11.9. The predicted octanol–water partition coefficient (Wildman–Crippen LogP) is 1.66. The van der Waals surface area contributed by atoms with E-state index in [-0.39, 0.29) is 18.2 Å². The van der Waals surface area contributed by atoms with Gasteiger partial charge in [0.1, 0.15) is 6.42 Å². The van der Waals surface area contributed by atoms with Crippen molar-refractivity contribution in [3.63, 3.8) is 0 Å². The summed E-state index contributed by atoms with van der Waals surface area (Å²) in [6.07, 6.45) is 10.4. The molecule has 1 fully saturated rings. The van der Waals surface area contributed by atoms with E-state index in [1.54, 1.807) is 12.1 Å². The largest absolute Gasteiger partial charge is 0.355 e. The van der Waals surface area contributed by atoms with Crippen LogP contribution in [0, 0.1) is 17.2 Å². The molecule has 0 unspecified atom stereocenters. The molecule has 0 atom stereocenters. The highest BCUT2D eigenvalue weighted by molar-refractivity contribution is 5.87. The van der Waals surface area contributed by atoms with Crippen LogP contribution in [0.25, 0.3) is 0 Å². The third-order valence-electron chi connectivity index (χ3n) is 3.38. The molecule has 110 valence electrons. The Morgan fingerprint density at radius 2 is 1.85 bits per heavy atom. The molecule has 0 heterocycles. The molecule has 0 aromatic rings. The molecule has 1 aliphatic rings. The Balaban J connectivity index is 2.03. The number of rotatable bonds is 7. The van der Waals surface area contributed by atoms with Crippen molar-refractivity contribution in [3.05, 3.63) is 12.2 Å². The summed E-state index contributed by atoms with van der Waals surface area (Å²) in [4.78, 5) is 22.5. The average molecular weight is 277 g/mol. The number of hydrogen-bond acceptors (Lipinski definition) is 3. The van der Waals surface area contributed by atoms with Crippen LogP contribution in [0.5, 0.6) is 0 Å². The summed E-state index contributed by atoms with van der Waals surface area (Å²) < 4.78 is 0. The molecular weight excluding hydrogens is 254 g/mol. The van der Waals surface area contributed by atoms with Gasteiger partial charge in [-0.1, -0.05) is 25.3 Å². The van der Waals surface area contributed by atoms with E-state index < -0.39 is 0 Å². The third-order valence-corrected chi connectivity index (χ3v) is 3.38. The highest BCUT2D eigenvalue weighted by Crippen LogP contribution is 2.24. The maximum atomic E-state index is 11.6.